The quantitative estimate of drug-likeness (QED) is 0.371. The number of benzene rings is 1. The second-order valence-electron chi connectivity index (χ2n) is 3.21. The molecule has 6 nitrogen and oxygen atoms in total. The highest BCUT2D eigenvalue weighted by atomic mass is 32.2. The molecular formula is C11H10N6S. The Kier molecular flexibility index (Phi) is 3.94. The van der Waals surface area contributed by atoms with E-state index in [0.717, 1.165) is 11.3 Å². The van der Waals surface area contributed by atoms with E-state index < -0.39 is 0 Å². The second kappa shape index (κ2) is 5.84. The molecule has 0 saturated heterocycles. The Balaban J connectivity index is 2.43. The first-order chi connectivity index (χ1) is 8.85. The van der Waals surface area contributed by atoms with Crippen molar-refractivity contribution in [2.24, 2.45) is 4.99 Å². The fourth-order valence-corrected chi connectivity index (χ4v) is 1.73. The Hall–Kier alpha value is -2.33. The highest BCUT2D eigenvalue weighted by Crippen LogP contribution is 2.27. The summed E-state index contributed by atoms with van der Waals surface area (Å²) in [5.74, 6) is 0.645. The summed E-state index contributed by atoms with van der Waals surface area (Å²) in [6.07, 6.45) is 5.15. The zero-order valence-corrected chi connectivity index (χ0v) is 10.4. The minimum Gasteiger partial charge on any atom is -0.271 e. The maximum atomic E-state index is 8.62. The fourth-order valence-electron chi connectivity index (χ4n) is 1.39. The summed E-state index contributed by atoms with van der Waals surface area (Å²) in [4.78, 5) is 8.48. The van der Waals surface area contributed by atoms with Gasteiger partial charge in [0.05, 0.1) is 5.69 Å². The van der Waals surface area contributed by atoms with Crippen LogP contribution >= 0.6 is 11.8 Å². The number of hydrogen-bond donors (Lipinski definition) is 2. The monoisotopic (exact) mass is 258 g/mol. The third kappa shape index (κ3) is 2.67. The molecule has 0 aliphatic heterocycles. The lowest BCUT2D eigenvalue weighted by atomic mass is 10.2. The number of thioether (sulfide) groups is 1. The molecule has 1 heterocycles. The summed E-state index contributed by atoms with van der Waals surface area (Å²) in [6.45, 7) is 0. The molecule has 1 aromatic carbocycles. The average molecular weight is 258 g/mol. The van der Waals surface area contributed by atoms with E-state index in [1.807, 2.05) is 36.7 Å². The Morgan fingerprint density at radius 1 is 1.50 bits per heavy atom. The van der Waals surface area contributed by atoms with Crippen LogP contribution in [0.5, 0.6) is 0 Å². The second-order valence-corrected chi connectivity index (χ2v) is 4.00. The van der Waals surface area contributed by atoms with Gasteiger partial charge in [0.25, 0.3) is 0 Å². The van der Waals surface area contributed by atoms with E-state index in [0.29, 0.717) is 11.0 Å². The first-order valence-corrected chi connectivity index (χ1v) is 6.30. The number of aromatic nitrogens is 3. The molecule has 0 amide bonds. The highest BCUT2D eigenvalue weighted by Gasteiger charge is 2.07. The Labute approximate surface area is 108 Å². The lowest BCUT2D eigenvalue weighted by Crippen LogP contribution is -2.12. The van der Waals surface area contributed by atoms with Crippen molar-refractivity contribution in [2.45, 2.75) is 0 Å². The van der Waals surface area contributed by atoms with Gasteiger partial charge in [0.2, 0.25) is 0 Å². The van der Waals surface area contributed by atoms with E-state index in [9.17, 15) is 0 Å². The minimum absolute atomic E-state index is 0.532. The summed E-state index contributed by atoms with van der Waals surface area (Å²) in [5, 5.41) is 18.3. The number of aromatic amines is 1. The number of amidine groups is 1. The van der Waals surface area contributed by atoms with E-state index in [4.69, 9.17) is 5.26 Å². The molecule has 0 atom stereocenters. The van der Waals surface area contributed by atoms with Gasteiger partial charge in [0.1, 0.15) is 6.33 Å². The molecule has 18 heavy (non-hydrogen) atoms. The van der Waals surface area contributed by atoms with Gasteiger partial charge in [-0.2, -0.15) is 10.4 Å². The van der Waals surface area contributed by atoms with Crippen molar-refractivity contribution in [3.63, 3.8) is 0 Å². The maximum Gasteiger partial charge on any atom is 0.183 e. The number of nitriles is 1. The van der Waals surface area contributed by atoms with Crippen LogP contribution in [0.25, 0.3) is 11.4 Å². The summed E-state index contributed by atoms with van der Waals surface area (Å²) in [5.41, 5.74) is 1.56. The average Bonchev–Trinajstić information content (AvgIpc) is 2.92. The SMILES string of the molecule is CSC(=Nc1ccccc1-c1ncn[nH]1)NC#N. The molecule has 0 spiro atoms. The van der Waals surface area contributed by atoms with Gasteiger partial charge in [-0.15, -0.1) is 0 Å². The number of rotatable bonds is 2. The van der Waals surface area contributed by atoms with Crippen molar-refractivity contribution in [2.75, 3.05) is 6.26 Å². The van der Waals surface area contributed by atoms with Gasteiger partial charge in [-0.05, 0) is 18.4 Å². The lowest BCUT2D eigenvalue weighted by Gasteiger charge is -2.04. The third-order valence-corrected chi connectivity index (χ3v) is 2.73. The van der Waals surface area contributed by atoms with Gasteiger partial charge in [0, 0.05) is 5.56 Å². The van der Waals surface area contributed by atoms with Crippen LogP contribution in [-0.4, -0.2) is 26.6 Å². The summed E-state index contributed by atoms with van der Waals surface area (Å²) < 4.78 is 0. The zero-order chi connectivity index (χ0) is 12.8. The number of aliphatic imine (C=N–C) groups is 1. The Bertz CT molecular complexity index is 584. The molecule has 0 saturated carbocycles. The molecule has 0 unspecified atom stereocenters. The van der Waals surface area contributed by atoms with E-state index >= 15 is 0 Å². The number of H-pyrrole nitrogens is 1. The molecule has 1 aromatic heterocycles. The number of para-hydroxylation sites is 1. The van der Waals surface area contributed by atoms with Crippen molar-refractivity contribution in [3.05, 3.63) is 30.6 Å². The molecule has 0 aliphatic carbocycles. The van der Waals surface area contributed by atoms with E-state index in [2.05, 4.69) is 25.5 Å². The minimum atomic E-state index is 0.532. The van der Waals surface area contributed by atoms with Crippen LogP contribution in [0.2, 0.25) is 0 Å². The normalized spacial score (nSPS) is 11.0. The number of nitrogens with one attached hydrogen (secondary N) is 2. The van der Waals surface area contributed by atoms with Gasteiger partial charge < -0.3 is 0 Å². The molecule has 7 heteroatoms. The molecule has 2 rings (SSSR count). The molecule has 0 aliphatic rings. The van der Waals surface area contributed by atoms with Gasteiger partial charge >= 0.3 is 0 Å². The molecular weight excluding hydrogens is 248 g/mol. The third-order valence-electron chi connectivity index (χ3n) is 2.15. The van der Waals surface area contributed by atoms with E-state index in [1.54, 1.807) is 0 Å². The van der Waals surface area contributed by atoms with Crippen molar-refractivity contribution in [1.82, 2.24) is 20.5 Å². The smallest absolute Gasteiger partial charge is 0.183 e. The van der Waals surface area contributed by atoms with Crippen molar-refractivity contribution in [3.8, 4) is 17.6 Å². The lowest BCUT2D eigenvalue weighted by molar-refractivity contribution is 1.09. The first kappa shape index (κ1) is 12.1. The Morgan fingerprint density at radius 2 is 2.33 bits per heavy atom. The van der Waals surface area contributed by atoms with E-state index in [1.165, 1.54) is 18.1 Å². The van der Waals surface area contributed by atoms with Crippen LogP contribution in [0.1, 0.15) is 0 Å². The van der Waals surface area contributed by atoms with Crippen LogP contribution in [-0.2, 0) is 0 Å². The topological polar surface area (TPSA) is 89.8 Å². The molecule has 0 radical (unpaired) electrons. The summed E-state index contributed by atoms with van der Waals surface area (Å²) >= 11 is 1.37. The van der Waals surface area contributed by atoms with Crippen LogP contribution in [0.3, 0.4) is 0 Å². The van der Waals surface area contributed by atoms with E-state index in [-0.39, 0.29) is 0 Å². The predicted octanol–water partition coefficient (Wildman–Crippen LogP) is 1.89. The van der Waals surface area contributed by atoms with Gasteiger partial charge in [-0.3, -0.25) is 10.4 Å². The standard InChI is InChI=1S/C11H10N6S/c1-18-11(13-6-12)16-9-5-3-2-4-8(9)10-14-7-15-17-10/h2-5,7H,1H3,(H,13,16)(H,14,15,17). The van der Waals surface area contributed by atoms with Crippen molar-refractivity contribution >= 4 is 22.6 Å². The highest BCUT2D eigenvalue weighted by molar-refractivity contribution is 8.13. The molecule has 0 fully saturated rings. The van der Waals surface area contributed by atoms with Crippen LogP contribution < -0.4 is 5.32 Å². The van der Waals surface area contributed by atoms with Crippen LogP contribution in [0.4, 0.5) is 5.69 Å². The predicted molar refractivity (Wildman–Crippen MR) is 71.2 cm³/mol. The molecule has 90 valence electrons. The van der Waals surface area contributed by atoms with Crippen LogP contribution in [0.15, 0.2) is 35.6 Å². The summed E-state index contributed by atoms with van der Waals surface area (Å²) in [7, 11) is 0. The van der Waals surface area contributed by atoms with Gasteiger partial charge in [-0.25, -0.2) is 9.98 Å². The largest absolute Gasteiger partial charge is 0.271 e. The van der Waals surface area contributed by atoms with Crippen LogP contribution in [0, 0.1) is 11.5 Å². The fraction of sp³-hybridized carbons (Fsp3) is 0.0909. The number of nitrogens with zero attached hydrogens (tertiary/aromatic N) is 4. The molecule has 0 bridgehead atoms. The first-order valence-electron chi connectivity index (χ1n) is 5.07. The van der Waals surface area contributed by atoms with Crippen molar-refractivity contribution in [1.29, 1.82) is 5.26 Å². The molecule has 2 aromatic rings. The maximum absolute atomic E-state index is 8.62. The van der Waals surface area contributed by atoms with Crippen molar-refractivity contribution < 1.29 is 0 Å². The summed E-state index contributed by atoms with van der Waals surface area (Å²) in [6, 6.07) is 7.52. The zero-order valence-electron chi connectivity index (χ0n) is 9.58. The Morgan fingerprint density at radius 3 is 3.00 bits per heavy atom. The molecule has 2 N–H and O–H groups in total. The van der Waals surface area contributed by atoms with Gasteiger partial charge in [-0.1, -0.05) is 23.9 Å². The number of hydrogen-bond acceptors (Lipinski definition) is 5. The van der Waals surface area contributed by atoms with Gasteiger partial charge in [0.15, 0.2) is 17.2 Å².